The maximum absolute atomic E-state index is 11.3. The zero-order valence-electron chi connectivity index (χ0n) is 31.1. The lowest BCUT2D eigenvalue weighted by molar-refractivity contribution is -0.132. The van der Waals surface area contributed by atoms with Gasteiger partial charge in [0.1, 0.15) is 6.07 Å². The summed E-state index contributed by atoms with van der Waals surface area (Å²) < 4.78 is 4.74. The van der Waals surface area contributed by atoms with E-state index in [2.05, 4.69) is 89.5 Å². The van der Waals surface area contributed by atoms with Crippen molar-refractivity contribution in [2.24, 2.45) is 0 Å². The first-order valence-electron chi connectivity index (χ1n) is 18.8. The van der Waals surface area contributed by atoms with Gasteiger partial charge in [0, 0.05) is 42.6 Å². The quantitative estimate of drug-likeness (QED) is 0.0199. The highest BCUT2D eigenvalue weighted by molar-refractivity contribution is 7.16. The summed E-state index contributed by atoms with van der Waals surface area (Å²) in [5.41, 5.74) is 6.06. The molecular formula is C46H45N3O4S2. The fourth-order valence-corrected chi connectivity index (χ4v) is 8.24. The minimum absolute atomic E-state index is 0.0568. The summed E-state index contributed by atoms with van der Waals surface area (Å²) in [6.07, 6.45) is 17.2. The van der Waals surface area contributed by atoms with Crippen molar-refractivity contribution in [2.45, 2.75) is 77.6 Å². The van der Waals surface area contributed by atoms with Crippen LogP contribution in [0.25, 0.3) is 37.9 Å². The second-order valence-corrected chi connectivity index (χ2v) is 15.4. The van der Waals surface area contributed by atoms with E-state index < -0.39 is 5.97 Å². The number of aryl methyl sites for hydroxylation is 1. The van der Waals surface area contributed by atoms with Gasteiger partial charge in [-0.2, -0.15) is 5.26 Å². The predicted molar refractivity (Wildman–Crippen MR) is 226 cm³/mol. The number of aliphatic carboxylic acids is 1. The number of rotatable bonds is 21. The molecule has 0 aliphatic carbocycles. The summed E-state index contributed by atoms with van der Waals surface area (Å²) in [5, 5.41) is 18.5. The Balaban J connectivity index is 1.33. The molecule has 0 radical (unpaired) electrons. The smallest absolute Gasteiger partial charge is 0.333 e. The largest absolute Gasteiger partial charge is 0.486 e. The molecule has 5 aromatic rings. The lowest BCUT2D eigenvalue weighted by Crippen LogP contribution is -2.10. The number of carboxylic acids is 1. The molecule has 1 N–H and O–H groups in total. The highest BCUT2D eigenvalue weighted by Crippen LogP contribution is 2.39. The van der Waals surface area contributed by atoms with E-state index in [0.29, 0.717) is 4.88 Å². The van der Waals surface area contributed by atoms with Crippen molar-refractivity contribution in [1.82, 2.24) is 0 Å². The number of carbonyl (C=O) groups excluding carboxylic acids is 1. The molecule has 0 saturated carbocycles. The van der Waals surface area contributed by atoms with Gasteiger partial charge in [-0.05, 0) is 96.3 Å². The molecule has 0 aliphatic rings. The molecular weight excluding hydrogens is 723 g/mol. The standard InChI is InChI=1S/C46H45N3O4S2/c1-3-4-5-6-7-8-9-10-11-12-13-34-14-20-37(21-15-34)49(38-22-16-35(17-23-38)44-28-26-41(54-44)30-40(32-47)53-33-50)39-24-18-36(19-25-39)45-29-27-42(55-45)31-43(48-2)46(51)52/h14-31,33H,3-13H2,1H3,(H,51,52)/b40-30+,43-31-. The number of thiophene rings is 2. The van der Waals surface area contributed by atoms with Gasteiger partial charge in [0.15, 0.2) is 0 Å². The number of nitriles is 1. The van der Waals surface area contributed by atoms with Crippen LogP contribution in [0.3, 0.4) is 0 Å². The first-order valence-corrected chi connectivity index (χ1v) is 20.4. The highest BCUT2D eigenvalue weighted by atomic mass is 32.1. The topological polar surface area (TPSA) is 95.0 Å². The maximum Gasteiger partial charge on any atom is 0.333 e. The van der Waals surface area contributed by atoms with E-state index in [0.717, 1.165) is 49.2 Å². The first kappa shape index (κ1) is 40.4. The molecule has 7 nitrogen and oxygen atoms in total. The van der Waals surface area contributed by atoms with Crippen LogP contribution in [0.4, 0.5) is 17.1 Å². The van der Waals surface area contributed by atoms with Crippen LogP contribution in [0.2, 0.25) is 0 Å². The zero-order valence-corrected chi connectivity index (χ0v) is 32.7. The number of carbonyl (C=O) groups is 2. The predicted octanol–water partition coefficient (Wildman–Crippen LogP) is 13.5. The Labute approximate surface area is 332 Å². The summed E-state index contributed by atoms with van der Waals surface area (Å²) in [6, 6.07) is 35.1. The van der Waals surface area contributed by atoms with E-state index in [1.165, 1.54) is 98.5 Å². The van der Waals surface area contributed by atoms with Gasteiger partial charge in [-0.15, -0.1) is 22.7 Å². The number of unbranched alkanes of at least 4 members (excludes halogenated alkanes) is 9. The normalized spacial score (nSPS) is 11.5. The van der Waals surface area contributed by atoms with Gasteiger partial charge >= 0.3 is 5.97 Å². The average molecular weight is 768 g/mol. The Kier molecular flexibility index (Phi) is 15.6. The van der Waals surface area contributed by atoms with Crippen LogP contribution in [0.15, 0.2) is 109 Å². The molecule has 5 rings (SSSR count). The number of anilines is 3. The lowest BCUT2D eigenvalue weighted by atomic mass is 10.0. The van der Waals surface area contributed by atoms with Crippen molar-refractivity contribution in [2.75, 3.05) is 4.90 Å². The minimum Gasteiger partial charge on any atom is -0.486 e. The average Bonchev–Trinajstić information content (AvgIpc) is 3.89. The van der Waals surface area contributed by atoms with Crippen molar-refractivity contribution in [3.63, 3.8) is 0 Å². The van der Waals surface area contributed by atoms with E-state index in [-0.39, 0.29) is 17.9 Å². The van der Waals surface area contributed by atoms with E-state index in [4.69, 9.17) is 11.3 Å². The number of ether oxygens (including phenoxy) is 1. The fraction of sp³-hybridized carbons (Fsp3) is 0.261. The fourth-order valence-electron chi connectivity index (χ4n) is 6.35. The zero-order chi connectivity index (χ0) is 38.8. The summed E-state index contributed by atoms with van der Waals surface area (Å²) in [7, 11) is 0. The molecule has 0 saturated heterocycles. The molecule has 0 spiro atoms. The number of hydrogen-bond acceptors (Lipinski definition) is 7. The SMILES string of the molecule is [C-]#[N+]/C(=C\c1ccc(-c2ccc(N(c3ccc(CCCCCCCCCCCC)cc3)c3ccc(-c4ccc(/C=C(\C#N)OC=O)s4)cc3)cc2)s1)C(=O)O. The minimum atomic E-state index is -1.23. The Bertz CT molecular complexity index is 2150. The van der Waals surface area contributed by atoms with Crippen LogP contribution in [0.5, 0.6) is 0 Å². The van der Waals surface area contributed by atoms with Crippen LogP contribution in [0, 0.1) is 17.9 Å². The van der Waals surface area contributed by atoms with Crippen molar-refractivity contribution in [3.8, 4) is 27.0 Å². The van der Waals surface area contributed by atoms with Crippen molar-refractivity contribution in [1.29, 1.82) is 5.26 Å². The van der Waals surface area contributed by atoms with Crippen LogP contribution < -0.4 is 4.90 Å². The molecule has 0 unspecified atom stereocenters. The van der Waals surface area contributed by atoms with Gasteiger partial charge < -0.3 is 14.7 Å². The lowest BCUT2D eigenvalue weighted by Gasteiger charge is -2.26. The van der Waals surface area contributed by atoms with E-state index in [1.54, 1.807) is 6.08 Å². The van der Waals surface area contributed by atoms with Crippen LogP contribution in [0.1, 0.15) is 86.4 Å². The van der Waals surface area contributed by atoms with Gasteiger partial charge in [-0.25, -0.2) is 4.85 Å². The highest BCUT2D eigenvalue weighted by Gasteiger charge is 2.15. The second-order valence-electron chi connectivity index (χ2n) is 13.2. The maximum atomic E-state index is 11.3. The number of allylic oxidation sites excluding steroid dienone is 1. The number of carboxylic acid groups (broad SMARTS) is 1. The van der Waals surface area contributed by atoms with E-state index in [1.807, 2.05) is 30.3 Å². The Morgan fingerprint density at radius 2 is 1.20 bits per heavy atom. The van der Waals surface area contributed by atoms with E-state index >= 15 is 0 Å². The summed E-state index contributed by atoms with van der Waals surface area (Å²) >= 11 is 2.94. The molecule has 280 valence electrons. The molecule has 2 aromatic heterocycles. The molecule has 0 amide bonds. The molecule has 0 fully saturated rings. The van der Waals surface area contributed by atoms with E-state index in [9.17, 15) is 20.0 Å². The van der Waals surface area contributed by atoms with Gasteiger partial charge in [-0.1, -0.05) is 101 Å². The van der Waals surface area contributed by atoms with Gasteiger partial charge in [0.2, 0.25) is 5.76 Å². The Morgan fingerprint density at radius 3 is 1.65 bits per heavy atom. The van der Waals surface area contributed by atoms with Crippen LogP contribution in [-0.4, -0.2) is 17.5 Å². The van der Waals surface area contributed by atoms with Gasteiger partial charge in [0.05, 0.1) is 6.57 Å². The van der Waals surface area contributed by atoms with Gasteiger partial charge in [-0.3, -0.25) is 9.59 Å². The molecule has 2 heterocycles. The van der Waals surface area contributed by atoms with Crippen molar-refractivity contribution < 1.29 is 19.4 Å². The third kappa shape index (κ3) is 11.9. The third-order valence-electron chi connectivity index (χ3n) is 9.26. The van der Waals surface area contributed by atoms with Gasteiger partial charge in [0.25, 0.3) is 12.2 Å². The summed E-state index contributed by atoms with van der Waals surface area (Å²) in [5.74, 6) is -1.29. The monoisotopic (exact) mass is 767 g/mol. The molecule has 0 bridgehead atoms. The molecule has 0 aliphatic heterocycles. The Hall–Kier alpha value is -5.74. The molecule has 0 atom stereocenters. The molecule has 9 heteroatoms. The number of nitrogens with zero attached hydrogens (tertiary/aromatic N) is 3. The van der Waals surface area contributed by atoms with Crippen LogP contribution >= 0.6 is 22.7 Å². The number of benzene rings is 3. The third-order valence-corrected chi connectivity index (χ3v) is 11.4. The second kappa shape index (κ2) is 21.2. The van der Waals surface area contributed by atoms with Crippen LogP contribution in [-0.2, 0) is 20.7 Å². The first-order chi connectivity index (χ1) is 26.9. The molecule has 55 heavy (non-hydrogen) atoms. The van der Waals surface area contributed by atoms with Crippen molar-refractivity contribution in [3.05, 3.63) is 135 Å². The molecule has 3 aromatic carbocycles. The summed E-state index contributed by atoms with van der Waals surface area (Å²) in [6.45, 7) is 9.67. The summed E-state index contributed by atoms with van der Waals surface area (Å²) in [4.78, 5) is 30.9. The Morgan fingerprint density at radius 1 is 0.727 bits per heavy atom. The van der Waals surface area contributed by atoms with Crippen molar-refractivity contribution >= 4 is 64.3 Å². The number of hydrogen-bond donors (Lipinski definition) is 1.